The first kappa shape index (κ1) is 13.5. The maximum atomic E-state index is 4.19. The molecule has 0 radical (unpaired) electrons. The maximum absolute atomic E-state index is 4.19. The quantitative estimate of drug-likeness (QED) is 0.824. The largest absolute Gasteiger partial charge is 0.307 e. The molecule has 0 saturated carbocycles. The Morgan fingerprint density at radius 3 is 2.81 bits per heavy atom. The van der Waals surface area contributed by atoms with E-state index < -0.39 is 0 Å². The van der Waals surface area contributed by atoms with E-state index in [1.807, 2.05) is 24.2 Å². The Kier molecular flexibility index (Phi) is 5.85. The average molecular weight is 238 g/mol. The molecule has 0 aliphatic rings. The van der Waals surface area contributed by atoms with Gasteiger partial charge in [-0.3, -0.25) is 4.98 Å². The number of hydrogen-bond acceptors (Lipinski definition) is 3. The third-order valence-corrected chi connectivity index (χ3v) is 3.80. The fourth-order valence-corrected chi connectivity index (χ4v) is 2.47. The molecule has 0 aliphatic carbocycles. The van der Waals surface area contributed by atoms with Crippen molar-refractivity contribution in [2.45, 2.75) is 39.8 Å². The van der Waals surface area contributed by atoms with Crippen LogP contribution in [0.2, 0.25) is 0 Å². The van der Waals surface area contributed by atoms with Gasteiger partial charge >= 0.3 is 0 Å². The predicted octanol–water partition coefficient (Wildman–Crippen LogP) is 3.18. The van der Waals surface area contributed by atoms with Crippen molar-refractivity contribution in [2.75, 3.05) is 11.5 Å². The Labute approximate surface area is 103 Å². The van der Waals surface area contributed by atoms with E-state index >= 15 is 0 Å². The molecule has 0 fully saturated rings. The van der Waals surface area contributed by atoms with E-state index in [0.29, 0.717) is 12.1 Å². The molecule has 0 aliphatic heterocycles. The Morgan fingerprint density at radius 2 is 2.19 bits per heavy atom. The number of aryl methyl sites for hydroxylation is 1. The summed E-state index contributed by atoms with van der Waals surface area (Å²) in [5, 5.41) is 3.61. The van der Waals surface area contributed by atoms with E-state index in [1.165, 1.54) is 22.6 Å². The number of aromatic nitrogens is 1. The SMILES string of the molecule is CCSCC(C)NC(C)c1cnccc1C. The number of pyridine rings is 1. The highest BCUT2D eigenvalue weighted by molar-refractivity contribution is 7.99. The second-order valence-corrected chi connectivity index (χ2v) is 5.50. The van der Waals surface area contributed by atoms with Crippen LogP contribution in [0.3, 0.4) is 0 Å². The minimum absolute atomic E-state index is 0.376. The molecule has 1 N–H and O–H groups in total. The molecule has 3 heteroatoms. The second-order valence-electron chi connectivity index (χ2n) is 4.18. The van der Waals surface area contributed by atoms with Crippen molar-refractivity contribution in [1.29, 1.82) is 0 Å². The maximum Gasteiger partial charge on any atom is 0.0318 e. The monoisotopic (exact) mass is 238 g/mol. The molecule has 2 atom stereocenters. The van der Waals surface area contributed by atoms with Crippen LogP contribution in [0.25, 0.3) is 0 Å². The number of thioether (sulfide) groups is 1. The topological polar surface area (TPSA) is 24.9 Å². The van der Waals surface area contributed by atoms with Crippen molar-refractivity contribution in [3.05, 3.63) is 29.6 Å². The summed E-state index contributed by atoms with van der Waals surface area (Å²) in [5.41, 5.74) is 2.61. The molecule has 0 spiro atoms. The summed E-state index contributed by atoms with van der Waals surface area (Å²) in [6, 6.07) is 2.99. The first-order valence-corrected chi connectivity index (χ1v) is 7.05. The smallest absolute Gasteiger partial charge is 0.0318 e. The summed E-state index contributed by atoms with van der Waals surface area (Å²) in [6.45, 7) is 8.79. The van der Waals surface area contributed by atoms with Gasteiger partial charge in [-0.05, 0) is 43.7 Å². The van der Waals surface area contributed by atoms with Crippen LogP contribution in [0.5, 0.6) is 0 Å². The van der Waals surface area contributed by atoms with Gasteiger partial charge in [0.2, 0.25) is 0 Å². The van der Waals surface area contributed by atoms with Crippen LogP contribution in [0.1, 0.15) is 37.9 Å². The predicted molar refractivity (Wildman–Crippen MR) is 73.0 cm³/mol. The Hall–Kier alpha value is -0.540. The van der Waals surface area contributed by atoms with E-state index in [1.54, 1.807) is 0 Å². The van der Waals surface area contributed by atoms with Gasteiger partial charge < -0.3 is 5.32 Å². The van der Waals surface area contributed by atoms with Crippen LogP contribution in [-0.4, -0.2) is 22.5 Å². The summed E-state index contributed by atoms with van der Waals surface area (Å²) < 4.78 is 0. The average Bonchev–Trinajstić information content (AvgIpc) is 2.26. The Bertz CT molecular complexity index is 315. The molecule has 2 nitrogen and oxygen atoms in total. The van der Waals surface area contributed by atoms with E-state index in [-0.39, 0.29) is 0 Å². The minimum atomic E-state index is 0.376. The molecule has 90 valence electrons. The van der Waals surface area contributed by atoms with Crippen molar-refractivity contribution >= 4 is 11.8 Å². The molecule has 1 aromatic heterocycles. The van der Waals surface area contributed by atoms with Gasteiger partial charge in [0.1, 0.15) is 0 Å². The van der Waals surface area contributed by atoms with Gasteiger partial charge in [-0.2, -0.15) is 11.8 Å². The number of nitrogens with zero attached hydrogens (tertiary/aromatic N) is 1. The van der Waals surface area contributed by atoms with Gasteiger partial charge in [-0.1, -0.05) is 6.92 Å². The fraction of sp³-hybridized carbons (Fsp3) is 0.615. The summed E-state index contributed by atoms with van der Waals surface area (Å²) in [6.07, 6.45) is 3.81. The second kappa shape index (κ2) is 6.92. The summed E-state index contributed by atoms with van der Waals surface area (Å²) in [7, 11) is 0. The zero-order chi connectivity index (χ0) is 12.0. The first-order valence-electron chi connectivity index (χ1n) is 5.89. The third-order valence-electron chi connectivity index (χ3n) is 2.65. The van der Waals surface area contributed by atoms with Crippen molar-refractivity contribution < 1.29 is 0 Å². The van der Waals surface area contributed by atoms with E-state index in [0.717, 1.165) is 0 Å². The molecular weight excluding hydrogens is 216 g/mol. The van der Waals surface area contributed by atoms with Gasteiger partial charge in [0.25, 0.3) is 0 Å². The summed E-state index contributed by atoms with van der Waals surface area (Å²) in [5.74, 6) is 2.35. The number of nitrogens with one attached hydrogen (secondary N) is 1. The van der Waals surface area contributed by atoms with Gasteiger partial charge in [-0.25, -0.2) is 0 Å². The molecule has 2 unspecified atom stereocenters. The minimum Gasteiger partial charge on any atom is -0.307 e. The zero-order valence-electron chi connectivity index (χ0n) is 10.7. The highest BCUT2D eigenvalue weighted by Crippen LogP contribution is 2.16. The summed E-state index contributed by atoms with van der Waals surface area (Å²) in [4.78, 5) is 4.19. The molecular formula is C13H22N2S. The fourth-order valence-electron chi connectivity index (χ4n) is 1.79. The van der Waals surface area contributed by atoms with Gasteiger partial charge in [-0.15, -0.1) is 0 Å². The molecule has 1 rings (SSSR count). The van der Waals surface area contributed by atoms with E-state index in [2.05, 4.69) is 44.1 Å². The number of hydrogen-bond donors (Lipinski definition) is 1. The first-order chi connectivity index (χ1) is 7.65. The zero-order valence-corrected chi connectivity index (χ0v) is 11.5. The van der Waals surface area contributed by atoms with Crippen LogP contribution in [0.15, 0.2) is 18.5 Å². The molecule has 0 saturated heterocycles. The lowest BCUT2D eigenvalue weighted by molar-refractivity contribution is 0.508. The van der Waals surface area contributed by atoms with Crippen LogP contribution in [0, 0.1) is 6.92 Å². The molecule has 16 heavy (non-hydrogen) atoms. The molecule has 1 aromatic rings. The molecule has 0 bridgehead atoms. The van der Waals surface area contributed by atoms with Gasteiger partial charge in [0.15, 0.2) is 0 Å². The highest BCUT2D eigenvalue weighted by Gasteiger charge is 2.11. The molecule has 0 amide bonds. The lowest BCUT2D eigenvalue weighted by atomic mass is 10.1. The normalized spacial score (nSPS) is 14.8. The standard InChI is InChI=1S/C13H22N2S/c1-5-16-9-11(3)15-12(4)13-8-14-7-6-10(13)2/h6-8,11-12,15H,5,9H2,1-4H3. The third kappa shape index (κ3) is 4.14. The van der Waals surface area contributed by atoms with E-state index in [9.17, 15) is 0 Å². The van der Waals surface area contributed by atoms with Crippen molar-refractivity contribution in [3.63, 3.8) is 0 Å². The molecule has 1 heterocycles. The van der Waals surface area contributed by atoms with Crippen LogP contribution >= 0.6 is 11.8 Å². The lowest BCUT2D eigenvalue weighted by Crippen LogP contribution is -2.31. The summed E-state index contributed by atoms with van der Waals surface area (Å²) >= 11 is 1.98. The van der Waals surface area contributed by atoms with Crippen molar-refractivity contribution in [3.8, 4) is 0 Å². The Morgan fingerprint density at radius 1 is 1.44 bits per heavy atom. The highest BCUT2D eigenvalue weighted by atomic mass is 32.2. The van der Waals surface area contributed by atoms with Crippen molar-refractivity contribution in [1.82, 2.24) is 10.3 Å². The Balaban J connectivity index is 2.52. The van der Waals surface area contributed by atoms with Gasteiger partial charge in [0.05, 0.1) is 0 Å². The van der Waals surface area contributed by atoms with E-state index in [4.69, 9.17) is 0 Å². The van der Waals surface area contributed by atoms with Crippen LogP contribution in [0.4, 0.5) is 0 Å². The number of rotatable bonds is 6. The lowest BCUT2D eigenvalue weighted by Gasteiger charge is -2.21. The molecule has 0 aromatic carbocycles. The van der Waals surface area contributed by atoms with Gasteiger partial charge in [0, 0.05) is 30.2 Å². The van der Waals surface area contributed by atoms with Crippen LogP contribution in [-0.2, 0) is 0 Å². The van der Waals surface area contributed by atoms with Crippen LogP contribution < -0.4 is 5.32 Å². The van der Waals surface area contributed by atoms with Crippen molar-refractivity contribution in [2.24, 2.45) is 0 Å².